The highest BCUT2D eigenvalue weighted by Crippen LogP contribution is 2.28. The topological polar surface area (TPSA) is 50.2 Å². The number of carbonyl (C=O) groups is 1. The highest BCUT2D eigenvalue weighted by atomic mass is 35.5. The summed E-state index contributed by atoms with van der Waals surface area (Å²) in [5, 5.41) is 7.66. The first kappa shape index (κ1) is 16.1. The van der Waals surface area contributed by atoms with Gasteiger partial charge in [-0.2, -0.15) is 5.10 Å². The van der Waals surface area contributed by atoms with Crippen LogP contribution >= 0.6 is 11.6 Å². The Balaban J connectivity index is 1.82. The Morgan fingerprint density at radius 2 is 1.92 bits per heavy atom. The molecule has 0 unspecified atom stereocenters. The predicted molar refractivity (Wildman–Crippen MR) is 97.3 cm³/mol. The lowest BCUT2D eigenvalue weighted by Crippen LogP contribution is -2.16. The summed E-state index contributed by atoms with van der Waals surface area (Å²) in [6, 6.07) is 14.5. The predicted octanol–water partition coefficient (Wildman–Crippen LogP) is 3.84. The molecule has 6 heteroatoms. The highest BCUT2D eigenvalue weighted by molar-refractivity contribution is 6.31. The van der Waals surface area contributed by atoms with Crippen molar-refractivity contribution in [1.29, 1.82) is 0 Å². The van der Waals surface area contributed by atoms with Crippen molar-refractivity contribution in [3.05, 3.63) is 71.5 Å². The molecule has 0 saturated heterocycles. The van der Waals surface area contributed by atoms with E-state index in [-0.39, 0.29) is 5.91 Å². The third-order valence-corrected chi connectivity index (χ3v) is 3.82. The van der Waals surface area contributed by atoms with Crippen molar-refractivity contribution >= 4 is 28.9 Å². The number of nitrogens with one attached hydrogen (secondary N) is 1. The van der Waals surface area contributed by atoms with Crippen molar-refractivity contribution in [2.75, 3.05) is 24.3 Å². The Bertz CT molecular complexity index is 842. The fraction of sp³-hybridized carbons (Fsp3) is 0.111. The van der Waals surface area contributed by atoms with Crippen molar-refractivity contribution in [3.63, 3.8) is 0 Å². The molecule has 24 heavy (non-hydrogen) atoms. The number of amides is 1. The number of halogens is 1. The van der Waals surface area contributed by atoms with Crippen molar-refractivity contribution in [2.45, 2.75) is 0 Å². The summed E-state index contributed by atoms with van der Waals surface area (Å²) in [5.41, 5.74) is 3.03. The van der Waals surface area contributed by atoms with Gasteiger partial charge in [0.1, 0.15) is 0 Å². The highest BCUT2D eigenvalue weighted by Gasteiger charge is 2.11. The Morgan fingerprint density at radius 1 is 1.17 bits per heavy atom. The second-order valence-corrected chi connectivity index (χ2v) is 5.94. The van der Waals surface area contributed by atoms with Crippen LogP contribution in [-0.4, -0.2) is 29.8 Å². The summed E-state index contributed by atoms with van der Waals surface area (Å²) >= 11 is 6.05. The number of rotatable bonds is 4. The van der Waals surface area contributed by atoms with Crippen LogP contribution in [0.3, 0.4) is 0 Å². The number of hydrogen-bond donors (Lipinski definition) is 1. The van der Waals surface area contributed by atoms with Crippen LogP contribution in [-0.2, 0) is 0 Å². The van der Waals surface area contributed by atoms with Crippen LogP contribution in [0.5, 0.6) is 0 Å². The molecule has 122 valence electrons. The molecule has 5 nitrogen and oxygen atoms in total. The lowest BCUT2D eigenvalue weighted by atomic mass is 10.1. The van der Waals surface area contributed by atoms with Crippen molar-refractivity contribution in [2.24, 2.45) is 0 Å². The van der Waals surface area contributed by atoms with Crippen molar-refractivity contribution < 1.29 is 4.79 Å². The summed E-state index contributed by atoms with van der Waals surface area (Å²) in [5.74, 6) is -0.188. The molecule has 0 aliphatic carbocycles. The number of benzene rings is 2. The van der Waals surface area contributed by atoms with Crippen molar-refractivity contribution in [1.82, 2.24) is 9.78 Å². The lowest BCUT2D eigenvalue weighted by Gasteiger charge is -2.18. The Hall–Kier alpha value is -2.79. The zero-order chi connectivity index (χ0) is 17.1. The van der Waals surface area contributed by atoms with Crippen molar-refractivity contribution in [3.8, 4) is 5.69 Å². The maximum atomic E-state index is 12.5. The number of hydrogen-bond acceptors (Lipinski definition) is 3. The second kappa shape index (κ2) is 6.76. The molecule has 3 rings (SSSR count). The van der Waals surface area contributed by atoms with Crippen LogP contribution < -0.4 is 10.2 Å². The van der Waals surface area contributed by atoms with Gasteiger partial charge >= 0.3 is 0 Å². The molecule has 0 aliphatic heterocycles. The summed E-state index contributed by atoms with van der Waals surface area (Å²) in [6.07, 6.45) is 3.56. The molecule has 2 aromatic carbocycles. The van der Waals surface area contributed by atoms with Crippen LogP contribution in [0.15, 0.2) is 60.9 Å². The average molecular weight is 341 g/mol. The first-order chi connectivity index (χ1) is 11.5. The molecule has 1 N–H and O–H groups in total. The molecule has 0 atom stereocenters. The van der Waals surface area contributed by atoms with E-state index >= 15 is 0 Å². The molecule has 3 aromatic rings. The number of anilines is 2. The largest absolute Gasteiger partial charge is 0.376 e. The minimum atomic E-state index is -0.188. The van der Waals surface area contributed by atoms with Gasteiger partial charge in [0, 0.05) is 37.1 Å². The van der Waals surface area contributed by atoms with E-state index < -0.39 is 0 Å². The molecule has 0 spiro atoms. The second-order valence-electron chi connectivity index (χ2n) is 5.51. The normalized spacial score (nSPS) is 10.5. The number of aromatic nitrogens is 2. The fourth-order valence-corrected chi connectivity index (χ4v) is 2.55. The Kier molecular flexibility index (Phi) is 4.53. The van der Waals surface area contributed by atoms with Gasteiger partial charge in [-0.05, 0) is 48.5 Å². The van der Waals surface area contributed by atoms with Gasteiger partial charge in [-0.1, -0.05) is 11.6 Å². The van der Waals surface area contributed by atoms with Gasteiger partial charge in [-0.25, -0.2) is 4.68 Å². The first-order valence-corrected chi connectivity index (χ1v) is 7.81. The minimum Gasteiger partial charge on any atom is -0.376 e. The first-order valence-electron chi connectivity index (χ1n) is 7.43. The monoisotopic (exact) mass is 340 g/mol. The van der Waals surface area contributed by atoms with Crippen LogP contribution in [0, 0.1) is 0 Å². The van der Waals surface area contributed by atoms with Crippen LogP contribution in [0.2, 0.25) is 5.02 Å². The van der Waals surface area contributed by atoms with Gasteiger partial charge < -0.3 is 10.2 Å². The molecular weight excluding hydrogens is 324 g/mol. The average Bonchev–Trinajstić information content (AvgIpc) is 3.09. The van der Waals surface area contributed by atoms with E-state index in [1.165, 1.54) is 0 Å². The zero-order valence-corrected chi connectivity index (χ0v) is 14.2. The van der Waals surface area contributed by atoms with Gasteiger partial charge in [-0.3, -0.25) is 4.79 Å². The third-order valence-electron chi connectivity index (χ3n) is 3.59. The molecule has 1 amide bonds. The van der Waals surface area contributed by atoms with Gasteiger partial charge in [0.05, 0.1) is 17.1 Å². The Morgan fingerprint density at radius 3 is 2.54 bits per heavy atom. The van der Waals surface area contributed by atoms with E-state index in [0.29, 0.717) is 16.3 Å². The zero-order valence-electron chi connectivity index (χ0n) is 13.4. The lowest BCUT2D eigenvalue weighted by molar-refractivity contribution is 0.102. The number of nitrogens with zero attached hydrogens (tertiary/aromatic N) is 3. The van der Waals surface area contributed by atoms with Gasteiger partial charge in [0.25, 0.3) is 5.91 Å². The van der Waals surface area contributed by atoms with Crippen LogP contribution in [0.25, 0.3) is 5.69 Å². The molecule has 0 aliphatic rings. The summed E-state index contributed by atoms with van der Waals surface area (Å²) in [6.45, 7) is 0. The maximum Gasteiger partial charge on any atom is 0.255 e. The molecule has 0 radical (unpaired) electrons. The maximum absolute atomic E-state index is 12.5. The summed E-state index contributed by atoms with van der Waals surface area (Å²) in [7, 11) is 3.83. The molecule has 1 aromatic heterocycles. The summed E-state index contributed by atoms with van der Waals surface area (Å²) < 4.78 is 1.74. The fourth-order valence-electron chi connectivity index (χ4n) is 2.38. The van der Waals surface area contributed by atoms with E-state index in [4.69, 9.17) is 11.6 Å². The molecule has 0 fully saturated rings. The molecular formula is C18H17ClN4O. The number of carbonyl (C=O) groups excluding carboxylic acids is 1. The van der Waals surface area contributed by atoms with E-state index in [2.05, 4.69) is 10.4 Å². The third kappa shape index (κ3) is 3.41. The standard InChI is InChI=1S/C18H17ClN4O/c1-22(2)17-9-6-14(19)12-16(17)21-18(24)13-4-7-15(8-5-13)23-11-3-10-20-23/h3-12H,1-2H3,(H,21,24). The molecule has 1 heterocycles. The quantitative estimate of drug-likeness (QED) is 0.785. The van der Waals surface area contributed by atoms with E-state index in [0.717, 1.165) is 11.4 Å². The minimum absolute atomic E-state index is 0.188. The van der Waals surface area contributed by atoms with E-state index in [1.807, 2.05) is 49.5 Å². The van der Waals surface area contributed by atoms with E-state index in [9.17, 15) is 4.79 Å². The Labute approximate surface area is 145 Å². The SMILES string of the molecule is CN(C)c1ccc(Cl)cc1NC(=O)c1ccc(-n2cccn2)cc1. The smallest absolute Gasteiger partial charge is 0.255 e. The van der Waals surface area contributed by atoms with E-state index in [1.54, 1.807) is 35.1 Å². The van der Waals surface area contributed by atoms with Gasteiger partial charge in [0.2, 0.25) is 0 Å². The van der Waals surface area contributed by atoms with Crippen LogP contribution in [0.4, 0.5) is 11.4 Å². The van der Waals surface area contributed by atoms with Crippen LogP contribution in [0.1, 0.15) is 10.4 Å². The molecule has 0 saturated carbocycles. The molecule has 0 bridgehead atoms. The summed E-state index contributed by atoms with van der Waals surface area (Å²) in [4.78, 5) is 14.4. The van der Waals surface area contributed by atoms with Gasteiger partial charge in [0.15, 0.2) is 0 Å². The van der Waals surface area contributed by atoms with Gasteiger partial charge in [-0.15, -0.1) is 0 Å².